The lowest BCUT2D eigenvalue weighted by molar-refractivity contribution is 0.434. The normalized spacial score (nSPS) is 10.6. The van der Waals surface area contributed by atoms with Gasteiger partial charge in [0, 0.05) is 16.3 Å². The Labute approximate surface area is 149 Å². The molecule has 0 fully saturated rings. The van der Waals surface area contributed by atoms with E-state index in [9.17, 15) is 9.50 Å². The number of benzene rings is 3. The van der Waals surface area contributed by atoms with Gasteiger partial charge in [0.2, 0.25) is 0 Å². The van der Waals surface area contributed by atoms with E-state index in [2.05, 4.69) is 5.32 Å². The Morgan fingerprint density at radius 3 is 2.42 bits per heavy atom. The van der Waals surface area contributed by atoms with Crippen molar-refractivity contribution in [3.05, 3.63) is 83.1 Å². The molecule has 0 bridgehead atoms. The maximum absolute atomic E-state index is 13.4. The standard InChI is InChI=1S/C19H15ClFNOS/c20-14-7-2-4-11-18(14)24-17-10-3-1-6-13(17)12-22-16-9-5-8-15(21)19(16)23/h1-11,22-23H,12H2. The Bertz CT molecular complexity index is 856. The summed E-state index contributed by atoms with van der Waals surface area (Å²) in [4.78, 5) is 2.02. The van der Waals surface area contributed by atoms with Crippen LogP contribution in [0.2, 0.25) is 5.02 Å². The minimum absolute atomic E-state index is 0.367. The Morgan fingerprint density at radius 1 is 0.917 bits per heavy atom. The lowest BCUT2D eigenvalue weighted by Crippen LogP contribution is -2.01. The van der Waals surface area contributed by atoms with Gasteiger partial charge in [-0.3, -0.25) is 0 Å². The Balaban J connectivity index is 1.80. The monoisotopic (exact) mass is 359 g/mol. The molecule has 122 valence electrons. The van der Waals surface area contributed by atoms with E-state index in [0.29, 0.717) is 17.3 Å². The van der Waals surface area contributed by atoms with Crippen molar-refractivity contribution in [3.63, 3.8) is 0 Å². The highest BCUT2D eigenvalue weighted by atomic mass is 35.5. The molecule has 0 amide bonds. The fourth-order valence-electron chi connectivity index (χ4n) is 2.24. The van der Waals surface area contributed by atoms with E-state index in [4.69, 9.17) is 11.6 Å². The number of nitrogens with one attached hydrogen (secondary N) is 1. The fraction of sp³-hybridized carbons (Fsp3) is 0.0526. The minimum atomic E-state index is -0.640. The average molecular weight is 360 g/mol. The summed E-state index contributed by atoms with van der Waals surface area (Å²) >= 11 is 7.80. The third kappa shape index (κ3) is 3.83. The quantitative estimate of drug-likeness (QED) is 0.552. The summed E-state index contributed by atoms with van der Waals surface area (Å²) in [5, 5.41) is 13.5. The molecule has 0 aliphatic rings. The van der Waals surface area contributed by atoms with E-state index in [1.54, 1.807) is 23.9 Å². The van der Waals surface area contributed by atoms with Crippen molar-refractivity contribution in [1.82, 2.24) is 0 Å². The number of hydrogen-bond donors (Lipinski definition) is 2. The number of phenols is 1. The first-order chi connectivity index (χ1) is 11.6. The van der Waals surface area contributed by atoms with Crippen LogP contribution < -0.4 is 5.32 Å². The van der Waals surface area contributed by atoms with Crippen molar-refractivity contribution < 1.29 is 9.50 Å². The first kappa shape index (κ1) is 16.7. The molecule has 3 rings (SSSR count). The highest BCUT2D eigenvalue weighted by molar-refractivity contribution is 7.99. The van der Waals surface area contributed by atoms with Crippen LogP contribution in [0.25, 0.3) is 0 Å². The van der Waals surface area contributed by atoms with Gasteiger partial charge in [-0.2, -0.15) is 0 Å². The third-order valence-electron chi connectivity index (χ3n) is 3.49. The molecule has 3 aromatic carbocycles. The smallest absolute Gasteiger partial charge is 0.174 e. The highest BCUT2D eigenvalue weighted by Gasteiger charge is 2.09. The van der Waals surface area contributed by atoms with E-state index in [1.165, 1.54) is 6.07 Å². The van der Waals surface area contributed by atoms with Crippen molar-refractivity contribution in [1.29, 1.82) is 0 Å². The van der Waals surface area contributed by atoms with Gasteiger partial charge in [0.15, 0.2) is 11.6 Å². The van der Waals surface area contributed by atoms with Gasteiger partial charge in [-0.1, -0.05) is 59.8 Å². The summed E-state index contributed by atoms with van der Waals surface area (Å²) in [6.45, 7) is 0.463. The summed E-state index contributed by atoms with van der Waals surface area (Å²) < 4.78 is 13.4. The van der Waals surface area contributed by atoms with Crippen molar-refractivity contribution in [2.24, 2.45) is 0 Å². The number of aromatic hydroxyl groups is 1. The van der Waals surface area contributed by atoms with Gasteiger partial charge >= 0.3 is 0 Å². The molecule has 0 aliphatic heterocycles. The number of hydrogen-bond acceptors (Lipinski definition) is 3. The maximum Gasteiger partial charge on any atom is 0.174 e. The Kier molecular flexibility index (Phi) is 5.28. The molecule has 0 aromatic heterocycles. The Morgan fingerprint density at radius 2 is 1.62 bits per heavy atom. The van der Waals surface area contributed by atoms with Crippen LogP contribution >= 0.6 is 23.4 Å². The fourth-order valence-corrected chi connectivity index (χ4v) is 3.46. The van der Waals surface area contributed by atoms with E-state index in [1.807, 2.05) is 48.5 Å². The molecule has 5 heteroatoms. The lowest BCUT2D eigenvalue weighted by atomic mass is 10.2. The van der Waals surface area contributed by atoms with Gasteiger partial charge in [-0.15, -0.1) is 0 Å². The van der Waals surface area contributed by atoms with Crippen molar-refractivity contribution in [3.8, 4) is 5.75 Å². The largest absolute Gasteiger partial charge is 0.503 e. The predicted molar refractivity (Wildman–Crippen MR) is 97.4 cm³/mol. The second-order valence-electron chi connectivity index (χ2n) is 5.13. The zero-order valence-corrected chi connectivity index (χ0v) is 14.2. The van der Waals surface area contributed by atoms with Crippen molar-refractivity contribution >= 4 is 29.1 Å². The van der Waals surface area contributed by atoms with Crippen LogP contribution in [0.1, 0.15) is 5.56 Å². The number of halogens is 2. The van der Waals surface area contributed by atoms with Gasteiger partial charge in [0.05, 0.1) is 10.7 Å². The molecular formula is C19H15ClFNOS. The molecule has 0 aliphatic carbocycles. The summed E-state index contributed by atoms with van der Waals surface area (Å²) in [7, 11) is 0. The van der Waals surface area contributed by atoms with Gasteiger partial charge in [0.1, 0.15) is 0 Å². The summed E-state index contributed by atoms with van der Waals surface area (Å²) in [6.07, 6.45) is 0. The molecular weight excluding hydrogens is 345 g/mol. The molecule has 2 N–H and O–H groups in total. The molecule has 0 radical (unpaired) electrons. The van der Waals surface area contributed by atoms with Crippen LogP contribution in [0.5, 0.6) is 5.75 Å². The first-order valence-electron chi connectivity index (χ1n) is 7.37. The maximum atomic E-state index is 13.4. The summed E-state index contributed by atoms with van der Waals surface area (Å²) in [5.41, 5.74) is 1.40. The highest BCUT2D eigenvalue weighted by Crippen LogP contribution is 2.35. The molecule has 0 saturated heterocycles. The second kappa shape index (κ2) is 7.60. The van der Waals surface area contributed by atoms with E-state index in [0.717, 1.165) is 15.4 Å². The molecule has 0 heterocycles. The molecule has 0 unspecified atom stereocenters. The molecule has 0 atom stereocenters. The van der Waals surface area contributed by atoms with Crippen molar-refractivity contribution in [2.45, 2.75) is 16.3 Å². The zero-order valence-electron chi connectivity index (χ0n) is 12.7. The van der Waals surface area contributed by atoms with Gasteiger partial charge in [-0.05, 0) is 35.9 Å². The van der Waals surface area contributed by atoms with E-state index < -0.39 is 5.82 Å². The number of anilines is 1. The zero-order chi connectivity index (χ0) is 16.9. The summed E-state index contributed by atoms with van der Waals surface area (Å²) in [6, 6.07) is 20.0. The molecule has 0 saturated carbocycles. The van der Waals surface area contributed by atoms with Crippen LogP contribution in [0, 0.1) is 5.82 Å². The van der Waals surface area contributed by atoms with Crippen molar-refractivity contribution in [2.75, 3.05) is 5.32 Å². The first-order valence-corrected chi connectivity index (χ1v) is 8.56. The van der Waals surface area contributed by atoms with Crippen LogP contribution in [-0.2, 0) is 6.54 Å². The van der Waals surface area contributed by atoms with Crippen LogP contribution in [0.4, 0.5) is 10.1 Å². The van der Waals surface area contributed by atoms with Gasteiger partial charge < -0.3 is 10.4 Å². The number of phenolic OH excluding ortho intramolecular Hbond substituents is 1. The summed E-state index contributed by atoms with van der Waals surface area (Å²) in [5.74, 6) is -1.01. The van der Waals surface area contributed by atoms with Gasteiger partial charge in [-0.25, -0.2) is 4.39 Å². The minimum Gasteiger partial charge on any atom is -0.503 e. The predicted octanol–water partition coefficient (Wildman–Crippen LogP) is 5.95. The number of para-hydroxylation sites is 1. The molecule has 2 nitrogen and oxygen atoms in total. The van der Waals surface area contributed by atoms with Gasteiger partial charge in [0.25, 0.3) is 0 Å². The van der Waals surface area contributed by atoms with E-state index in [-0.39, 0.29) is 5.75 Å². The van der Waals surface area contributed by atoms with Crippen LogP contribution in [-0.4, -0.2) is 5.11 Å². The lowest BCUT2D eigenvalue weighted by Gasteiger charge is -2.13. The van der Waals surface area contributed by atoms with Crippen LogP contribution in [0.3, 0.4) is 0 Å². The average Bonchev–Trinajstić information content (AvgIpc) is 2.59. The molecule has 3 aromatic rings. The SMILES string of the molecule is Oc1c(F)cccc1NCc1ccccc1Sc1ccccc1Cl. The molecule has 0 spiro atoms. The third-order valence-corrected chi connectivity index (χ3v) is 5.12. The van der Waals surface area contributed by atoms with Crippen LogP contribution in [0.15, 0.2) is 76.5 Å². The van der Waals surface area contributed by atoms with E-state index >= 15 is 0 Å². The molecule has 24 heavy (non-hydrogen) atoms. The number of rotatable bonds is 5. The topological polar surface area (TPSA) is 32.3 Å². The Hall–Kier alpha value is -2.17. The second-order valence-corrected chi connectivity index (χ2v) is 6.62.